The maximum absolute atomic E-state index is 12.4. The molecule has 0 saturated carbocycles. The highest BCUT2D eigenvalue weighted by molar-refractivity contribution is 6.04. The predicted octanol–water partition coefficient (Wildman–Crippen LogP) is 2.76. The first-order valence-corrected chi connectivity index (χ1v) is 9.30. The summed E-state index contributed by atoms with van der Waals surface area (Å²) in [5.74, 6) is 1.54. The van der Waals surface area contributed by atoms with Crippen molar-refractivity contribution in [3.8, 4) is 0 Å². The molecule has 1 aliphatic heterocycles. The van der Waals surface area contributed by atoms with E-state index in [-0.39, 0.29) is 5.91 Å². The zero-order chi connectivity index (χ0) is 19.3. The lowest BCUT2D eigenvalue weighted by atomic mass is 10.1. The summed E-state index contributed by atoms with van der Waals surface area (Å²) in [5, 5.41) is 2.90. The SMILES string of the molecule is Cc1cccc(C(=O)Nc2ccc(N3CCN(c4ncccn4)CC3)nc2)c1. The topological polar surface area (TPSA) is 74.2 Å². The van der Waals surface area contributed by atoms with Crippen molar-refractivity contribution in [3.05, 3.63) is 72.2 Å². The molecule has 0 spiro atoms. The van der Waals surface area contributed by atoms with Crippen LogP contribution in [0.3, 0.4) is 0 Å². The van der Waals surface area contributed by atoms with E-state index >= 15 is 0 Å². The highest BCUT2D eigenvalue weighted by Gasteiger charge is 2.19. The quantitative estimate of drug-likeness (QED) is 0.757. The Morgan fingerprint density at radius 2 is 1.68 bits per heavy atom. The number of piperazine rings is 1. The van der Waals surface area contributed by atoms with Gasteiger partial charge in [-0.25, -0.2) is 15.0 Å². The highest BCUT2D eigenvalue weighted by Crippen LogP contribution is 2.18. The number of hydrogen-bond donors (Lipinski definition) is 1. The van der Waals surface area contributed by atoms with Gasteiger partial charge in [-0.1, -0.05) is 17.7 Å². The zero-order valence-corrected chi connectivity index (χ0v) is 15.7. The van der Waals surface area contributed by atoms with Gasteiger partial charge < -0.3 is 15.1 Å². The van der Waals surface area contributed by atoms with Crippen LogP contribution in [0, 0.1) is 6.92 Å². The Balaban J connectivity index is 1.35. The summed E-state index contributed by atoms with van der Waals surface area (Å²) < 4.78 is 0. The van der Waals surface area contributed by atoms with E-state index in [9.17, 15) is 4.79 Å². The van der Waals surface area contributed by atoms with Gasteiger partial charge in [0.05, 0.1) is 11.9 Å². The molecule has 0 unspecified atom stereocenters. The van der Waals surface area contributed by atoms with Gasteiger partial charge in [0, 0.05) is 44.1 Å². The molecule has 2 aromatic heterocycles. The molecule has 28 heavy (non-hydrogen) atoms. The largest absolute Gasteiger partial charge is 0.353 e. The van der Waals surface area contributed by atoms with Crippen molar-refractivity contribution in [1.82, 2.24) is 15.0 Å². The lowest BCUT2D eigenvalue weighted by Gasteiger charge is -2.35. The lowest BCUT2D eigenvalue weighted by molar-refractivity contribution is 0.102. The second-order valence-corrected chi connectivity index (χ2v) is 6.75. The van der Waals surface area contributed by atoms with Crippen LogP contribution in [-0.4, -0.2) is 47.0 Å². The predicted molar refractivity (Wildman–Crippen MR) is 110 cm³/mol. The Hall–Kier alpha value is -3.48. The molecule has 1 saturated heterocycles. The number of nitrogens with zero attached hydrogens (tertiary/aromatic N) is 5. The molecule has 1 aliphatic rings. The number of carbonyl (C=O) groups is 1. The van der Waals surface area contributed by atoms with E-state index in [1.165, 1.54) is 0 Å². The summed E-state index contributed by atoms with van der Waals surface area (Å²) in [6, 6.07) is 13.2. The van der Waals surface area contributed by atoms with Crippen molar-refractivity contribution in [3.63, 3.8) is 0 Å². The molecule has 1 N–H and O–H groups in total. The van der Waals surface area contributed by atoms with Crippen molar-refractivity contribution in [1.29, 1.82) is 0 Å². The number of nitrogens with one attached hydrogen (secondary N) is 1. The van der Waals surface area contributed by atoms with Gasteiger partial charge in [-0.05, 0) is 37.3 Å². The summed E-state index contributed by atoms with van der Waals surface area (Å²) in [7, 11) is 0. The summed E-state index contributed by atoms with van der Waals surface area (Å²) in [4.78, 5) is 29.9. The smallest absolute Gasteiger partial charge is 0.255 e. The molecule has 4 rings (SSSR count). The number of aromatic nitrogens is 3. The second-order valence-electron chi connectivity index (χ2n) is 6.75. The van der Waals surface area contributed by atoms with Crippen LogP contribution in [0.15, 0.2) is 61.1 Å². The van der Waals surface area contributed by atoms with Gasteiger partial charge in [0.2, 0.25) is 5.95 Å². The molecule has 1 amide bonds. The average Bonchev–Trinajstić information content (AvgIpc) is 2.75. The molecule has 142 valence electrons. The summed E-state index contributed by atoms with van der Waals surface area (Å²) >= 11 is 0. The maximum Gasteiger partial charge on any atom is 0.255 e. The van der Waals surface area contributed by atoms with Crippen molar-refractivity contribution in [2.45, 2.75) is 6.92 Å². The van der Waals surface area contributed by atoms with Gasteiger partial charge in [0.1, 0.15) is 5.82 Å². The third-order valence-electron chi connectivity index (χ3n) is 4.72. The molecular weight excluding hydrogens is 352 g/mol. The number of amides is 1. The highest BCUT2D eigenvalue weighted by atomic mass is 16.1. The Labute approximate surface area is 164 Å². The van der Waals surface area contributed by atoms with Crippen LogP contribution < -0.4 is 15.1 Å². The van der Waals surface area contributed by atoms with Gasteiger partial charge >= 0.3 is 0 Å². The fourth-order valence-electron chi connectivity index (χ4n) is 3.23. The van der Waals surface area contributed by atoms with E-state index in [1.807, 2.05) is 43.3 Å². The molecule has 1 fully saturated rings. The number of anilines is 3. The van der Waals surface area contributed by atoms with E-state index in [1.54, 1.807) is 24.7 Å². The Morgan fingerprint density at radius 1 is 0.929 bits per heavy atom. The normalized spacial score (nSPS) is 14.0. The molecule has 3 heterocycles. The van der Waals surface area contributed by atoms with Gasteiger partial charge in [0.15, 0.2) is 0 Å². The second kappa shape index (κ2) is 8.04. The minimum absolute atomic E-state index is 0.130. The summed E-state index contributed by atoms with van der Waals surface area (Å²) in [6.07, 6.45) is 5.23. The molecule has 0 bridgehead atoms. The van der Waals surface area contributed by atoms with E-state index in [0.717, 1.165) is 43.5 Å². The first kappa shape index (κ1) is 17.9. The van der Waals surface area contributed by atoms with Crippen LogP contribution in [0.4, 0.5) is 17.5 Å². The van der Waals surface area contributed by atoms with E-state index < -0.39 is 0 Å². The first-order valence-electron chi connectivity index (χ1n) is 9.30. The molecule has 7 nitrogen and oxygen atoms in total. The van der Waals surface area contributed by atoms with Crippen molar-refractivity contribution < 1.29 is 4.79 Å². The number of rotatable bonds is 4. The molecule has 0 radical (unpaired) electrons. The van der Waals surface area contributed by atoms with Crippen LogP contribution in [0.2, 0.25) is 0 Å². The van der Waals surface area contributed by atoms with E-state index in [2.05, 4.69) is 30.1 Å². The van der Waals surface area contributed by atoms with Crippen LogP contribution in [-0.2, 0) is 0 Å². The van der Waals surface area contributed by atoms with Crippen LogP contribution in [0.1, 0.15) is 15.9 Å². The lowest BCUT2D eigenvalue weighted by Crippen LogP contribution is -2.47. The Kier molecular flexibility index (Phi) is 5.14. The monoisotopic (exact) mass is 374 g/mol. The summed E-state index contributed by atoms with van der Waals surface area (Å²) in [5.41, 5.74) is 2.39. The minimum Gasteiger partial charge on any atom is -0.353 e. The van der Waals surface area contributed by atoms with E-state index in [0.29, 0.717) is 11.3 Å². The maximum atomic E-state index is 12.4. The minimum atomic E-state index is -0.130. The molecule has 7 heteroatoms. The van der Waals surface area contributed by atoms with Crippen LogP contribution in [0.25, 0.3) is 0 Å². The van der Waals surface area contributed by atoms with Crippen molar-refractivity contribution in [2.24, 2.45) is 0 Å². The average molecular weight is 374 g/mol. The van der Waals surface area contributed by atoms with Gasteiger partial charge in [0.25, 0.3) is 5.91 Å². The van der Waals surface area contributed by atoms with Crippen LogP contribution >= 0.6 is 0 Å². The van der Waals surface area contributed by atoms with Gasteiger partial charge in [-0.15, -0.1) is 0 Å². The summed E-state index contributed by atoms with van der Waals surface area (Å²) in [6.45, 7) is 5.35. The van der Waals surface area contributed by atoms with Crippen LogP contribution in [0.5, 0.6) is 0 Å². The Bertz CT molecular complexity index is 937. The molecule has 1 aromatic carbocycles. The number of benzene rings is 1. The zero-order valence-electron chi connectivity index (χ0n) is 15.7. The van der Waals surface area contributed by atoms with Crippen molar-refractivity contribution in [2.75, 3.05) is 41.3 Å². The van der Waals surface area contributed by atoms with Gasteiger partial charge in [-0.3, -0.25) is 4.79 Å². The molecule has 3 aromatic rings. The number of hydrogen-bond acceptors (Lipinski definition) is 6. The third-order valence-corrected chi connectivity index (χ3v) is 4.72. The third kappa shape index (κ3) is 4.09. The fraction of sp³-hybridized carbons (Fsp3) is 0.238. The fourth-order valence-corrected chi connectivity index (χ4v) is 3.23. The molecular formula is C21H22N6O. The molecule has 0 aliphatic carbocycles. The Morgan fingerprint density at radius 3 is 2.36 bits per heavy atom. The first-order chi connectivity index (χ1) is 13.7. The molecule has 0 atom stereocenters. The van der Waals surface area contributed by atoms with Crippen molar-refractivity contribution >= 4 is 23.4 Å². The standard InChI is InChI=1S/C21H22N6O/c1-16-4-2-5-17(14-16)20(28)25-18-6-7-19(24-15-18)26-10-12-27(13-11-26)21-22-8-3-9-23-21/h2-9,14-15H,10-13H2,1H3,(H,25,28). The van der Waals surface area contributed by atoms with Gasteiger partial charge in [-0.2, -0.15) is 0 Å². The number of aryl methyl sites for hydroxylation is 1. The number of pyridine rings is 1. The number of carbonyl (C=O) groups excluding carboxylic acids is 1. The van der Waals surface area contributed by atoms with E-state index in [4.69, 9.17) is 0 Å².